The van der Waals surface area contributed by atoms with E-state index in [0.29, 0.717) is 21.2 Å². The lowest BCUT2D eigenvalue weighted by atomic mass is 9.75. The van der Waals surface area contributed by atoms with Gasteiger partial charge in [-0.1, -0.05) is 15.9 Å². The number of nitrogens with zero attached hydrogens (tertiary/aromatic N) is 2. The molecule has 2 atom stereocenters. The molecule has 1 aliphatic carbocycles. The molecule has 4 nitrogen and oxygen atoms in total. The smallest absolute Gasteiger partial charge is 0.309 e. The van der Waals surface area contributed by atoms with Gasteiger partial charge < -0.3 is 4.74 Å². The number of rotatable bonds is 5. The highest BCUT2D eigenvalue weighted by Crippen LogP contribution is 2.47. The molecule has 1 saturated carbocycles. The number of halogens is 5. The lowest BCUT2D eigenvalue weighted by molar-refractivity contribution is -0.156. The van der Waals surface area contributed by atoms with Crippen molar-refractivity contribution in [3.05, 3.63) is 45.9 Å². The fourth-order valence-corrected chi connectivity index (χ4v) is 5.13. The third kappa shape index (κ3) is 4.30. The lowest BCUT2D eigenvalue weighted by Gasteiger charge is -2.33. The van der Waals surface area contributed by atoms with Crippen molar-refractivity contribution in [2.45, 2.75) is 43.4 Å². The largest absolute Gasteiger partial charge is 0.466 e. The Morgan fingerprint density at radius 3 is 2.64 bits per heavy atom. The van der Waals surface area contributed by atoms with Gasteiger partial charge >= 0.3 is 5.97 Å². The van der Waals surface area contributed by atoms with Crippen LogP contribution in [0.2, 0.25) is 0 Å². The van der Waals surface area contributed by atoms with Crippen LogP contribution in [0.1, 0.15) is 43.5 Å². The van der Waals surface area contributed by atoms with Gasteiger partial charge in [-0.2, -0.15) is 5.10 Å². The van der Waals surface area contributed by atoms with E-state index in [2.05, 4.69) is 37.0 Å². The molecule has 9 heteroatoms. The van der Waals surface area contributed by atoms with Crippen molar-refractivity contribution >= 4 is 37.8 Å². The highest BCUT2D eigenvalue weighted by Gasteiger charge is 2.47. The van der Waals surface area contributed by atoms with Gasteiger partial charge in [0, 0.05) is 24.1 Å². The van der Waals surface area contributed by atoms with Crippen molar-refractivity contribution in [1.29, 1.82) is 0 Å². The SMILES string of the molecule is CCOC(=O)C1CC(F)(F)CCC1c1nn(-c2ccc(F)cc2)c(CBr)c1Br. The molecule has 0 amide bonds. The molecule has 2 aromatic rings. The van der Waals surface area contributed by atoms with E-state index in [0.717, 1.165) is 5.69 Å². The van der Waals surface area contributed by atoms with E-state index in [4.69, 9.17) is 4.74 Å². The van der Waals surface area contributed by atoms with Crippen LogP contribution in [-0.2, 0) is 14.9 Å². The zero-order chi connectivity index (χ0) is 20.5. The van der Waals surface area contributed by atoms with E-state index < -0.39 is 30.1 Å². The summed E-state index contributed by atoms with van der Waals surface area (Å²) < 4.78 is 48.6. The third-order valence-corrected chi connectivity index (χ3v) is 6.30. The molecule has 1 aliphatic rings. The topological polar surface area (TPSA) is 44.1 Å². The highest BCUT2D eigenvalue weighted by atomic mass is 79.9. The van der Waals surface area contributed by atoms with Gasteiger partial charge in [0.25, 0.3) is 0 Å². The molecule has 1 heterocycles. The molecule has 1 aromatic heterocycles. The first-order valence-electron chi connectivity index (χ1n) is 8.91. The number of benzene rings is 1. The van der Waals surface area contributed by atoms with E-state index in [1.165, 1.54) is 12.1 Å². The second-order valence-corrected chi connectivity index (χ2v) is 8.09. The van der Waals surface area contributed by atoms with Crippen LogP contribution in [0.5, 0.6) is 0 Å². The average molecular weight is 524 g/mol. The molecule has 1 fully saturated rings. The van der Waals surface area contributed by atoms with Crippen molar-refractivity contribution in [1.82, 2.24) is 9.78 Å². The summed E-state index contributed by atoms with van der Waals surface area (Å²) >= 11 is 6.95. The van der Waals surface area contributed by atoms with Crippen LogP contribution in [0, 0.1) is 11.7 Å². The summed E-state index contributed by atoms with van der Waals surface area (Å²) in [6, 6.07) is 5.82. The van der Waals surface area contributed by atoms with Crippen molar-refractivity contribution in [2.24, 2.45) is 5.92 Å². The predicted molar refractivity (Wildman–Crippen MR) is 106 cm³/mol. The van der Waals surface area contributed by atoms with E-state index in [9.17, 15) is 18.0 Å². The van der Waals surface area contributed by atoms with E-state index in [1.807, 2.05) is 0 Å². The number of hydrogen-bond acceptors (Lipinski definition) is 3. The standard InChI is InChI=1S/C19H19Br2F3N2O2/c1-2-28-18(27)14-9-19(23,24)8-7-13(14)17-16(21)15(10-20)26(25-17)12-5-3-11(22)4-6-12/h3-6,13-14H,2,7-10H2,1H3. The van der Waals surface area contributed by atoms with Gasteiger partial charge in [0.1, 0.15) is 5.82 Å². The molecular formula is C19H19Br2F3N2O2. The Morgan fingerprint density at radius 1 is 1.36 bits per heavy atom. The first kappa shape index (κ1) is 21.4. The normalized spacial score (nSPS) is 21.5. The molecular weight excluding hydrogens is 505 g/mol. The number of esters is 1. The number of carbonyl (C=O) groups is 1. The van der Waals surface area contributed by atoms with Crippen LogP contribution < -0.4 is 0 Å². The minimum atomic E-state index is -2.90. The molecule has 2 unspecified atom stereocenters. The first-order chi connectivity index (χ1) is 13.3. The maximum Gasteiger partial charge on any atom is 0.309 e. The first-order valence-corrected chi connectivity index (χ1v) is 10.8. The van der Waals surface area contributed by atoms with E-state index in [-0.39, 0.29) is 25.3 Å². The number of alkyl halides is 3. The van der Waals surface area contributed by atoms with Crippen LogP contribution >= 0.6 is 31.9 Å². The van der Waals surface area contributed by atoms with Crippen molar-refractivity contribution < 1.29 is 22.7 Å². The van der Waals surface area contributed by atoms with Crippen molar-refractivity contribution in [3.8, 4) is 5.69 Å². The van der Waals surface area contributed by atoms with Gasteiger partial charge in [-0.15, -0.1) is 0 Å². The molecule has 3 rings (SSSR count). The van der Waals surface area contributed by atoms with Gasteiger partial charge in [0.15, 0.2) is 0 Å². The molecule has 28 heavy (non-hydrogen) atoms. The summed E-state index contributed by atoms with van der Waals surface area (Å²) in [5.41, 5.74) is 1.92. The Labute approximate surface area is 177 Å². The Bertz CT molecular complexity index is 856. The molecule has 0 bridgehead atoms. The Morgan fingerprint density at radius 2 is 2.04 bits per heavy atom. The monoisotopic (exact) mass is 522 g/mol. The Balaban J connectivity index is 2.03. The number of carbonyl (C=O) groups excluding carboxylic acids is 1. The summed E-state index contributed by atoms with van der Waals surface area (Å²) in [5.74, 6) is -5.37. The van der Waals surface area contributed by atoms with Gasteiger partial charge in [-0.05, 0) is 53.5 Å². The molecule has 1 aromatic carbocycles. The summed E-state index contributed by atoms with van der Waals surface area (Å²) in [7, 11) is 0. The fraction of sp³-hybridized carbons (Fsp3) is 0.474. The predicted octanol–water partition coefficient (Wildman–Crippen LogP) is 5.75. The van der Waals surface area contributed by atoms with Gasteiger partial charge in [-0.3, -0.25) is 4.79 Å². The molecule has 0 radical (unpaired) electrons. The van der Waals surface area contributed by atoms with E-state index in [1.54, 1.807) is 23.7 Å². The lowest BCUT2D eigenvalue weighted by Crippen LogP contribution is -2.37. The number of aromatic nitrogens is 2. The number of ether oxygens (including phenoxy) is 1. The summed E-state index contributed by atoms with van der Waals surface area (Å²) in [6.45, 7) is 1.78. The maximum absolute atomic E-state index is 14.0. The third-order valence-electron chi connectivity index (χ3n) is 4.91. The second-order valence-electron chi connectivity index (χ2n) is 6.73. The van der Waals surface area contributed by atoms with Crippen LogP contribution in [0.3, 0.4) is 0 Å². The highest BCUT2D eigenvalue weighted by molar-refractivity contribution is 9.10. The van der Waals surface area contributed by atoms with Crippen LogP contribution in [0.4, 0.5) is 13.2 Å². The minimum absolute atomic E-state index is 0.122. The molecule has 0 spiro atoms. The zero-order valence-corrected chi connectivity index (χ0v) is 18.3. The molecule has 0 N–H and O–H groups in total. The fourth-order valence-electron chi connectivity index (χ4n) is 3.56. The maximum atomic E-state index is 14.0. The average Bonchev–Trinajstić information content (AvgIpc) is 2.98. The van der Waals surface area contributed by atoms with Gasteiger partial charge in [-0.25, -0.2) is 17.9 Å². The number of hydrogen-bond donors (Lipinski definition) is 0. The summed E-state index contributed by atoms with van der Waals surface area (Å²) in [6.07, 6.45) is -0.750. The Hall–Kier alpha value is -1.35. The quantitative estimate of drug-likeness (QED) is 0.370. The molecule has 0 aliphatic heterocycles. The van der Waals surface area contributed by atoms with Gasteiger partial charge in [0.2, 0.25) is 5.92 Å². The summed E-state index contributed by atoms with van der Waals surface area (Å²) in [4.78, 5) is 12.4. The zero-order valence-electron chi connectivity index (χ0n) is 15.1. The van der Waals surface area contributed by atoms with Crippen LogP contribution in [-0.4, -0.2) is 28.3 Å². The molecule has 152 valence electrons. The summed E-state index contributed by atoms with van der Waals surface area (Å²) in [5, 5.41) is 5.04. The van der Waals surface area contributed by atoms with Crippen LogP contribution in [0.15, 0.2) is 28.7 Å². The molecule has 0 saturated heterocycles. The Kier molecular flexibility index (Phi) is 6.54. The van der Waals surface area contributed by atoms with Crippen LogP contribution in [0.25, 0.3) is 5.69 Å². The van der Waals surface area contributed by atoms with Crippen molar-refractivity contribution in [3.63, 3.8) is 0 Å². The van der Waals surface area contributed by atoms with E-state index >= 15 is 0 Å². The second kappa shape index (κ2) is 8.57. The van der Waals surface area contributed by atoms with Crippen molar-refractivity contribution in [2.75, 3.05) is 6.61 Å². The minimum Gasteiger partial charge on any atom is -0.466 e. The van der Waals surface area contributed by atoms with Gasteiger partial charge in [0.05, 0.1) is 34.1 Å².